The quantitative estimate of drug-likeness (QED) is 0.299. The summed E-state index contributed by atoms with van der Waals surface area (Å²) in [6.07, 6.45) is 1.89. The van der Waals surface area contributed by atoms with Crippen molar-refractivity contribution in [2.24, 2.45) is 0 Å². The second-order valence-corrected chi connectivity index (χ2v) is 8.34. The van der Waals surface area contributed by atoms with Crippen molar-refractivity contribution >= 4 is 34.6 Å². The third-order valence-corrected chi connectivity index (χ3v) is 6.33. The summed E-state index contributed by atoms with van der Waals surface area (Å²) in [5, 5.41) is 0.928. The van der Waals surface area contributed by atoms with Crippen molar-refractivity contribution < 1.29 is 4.74 Å². The van der Waals surface area contributed by atoms with Gasteiger partial charge in [0.25, 0.3) is 0 Å². The standard InChI is InChI=1S/C22H21N3OS2/c1-16-20(15-28-22-24-18-9-5-6-10-19(18)25-22)23-12-11-21(16)27-14-13-26-17-7-3-2-4-8-17/h2-12H,13-15H2,1H3,(H,24,25). The van der Waals surface area contributed by atoms with Gasteiger partial charge in [0.05, 0.1) is 23.3 Å². The molecule has 28 heavy (non-hydrogen) atoms. The largest absolute Gasteiger partial charge is 0.493 e. The lowest BCUT2D eigenvalue weighted by Crippen LogP contribution is -2.01. The highest BCUT2D eigenvalue weighted by Gasteiger charge is 2.09. The Morgan fingerprint density at radius 2 is 1.79 bits per heavy atom. The van der Waals surface area contributed by atoms with E-state index in [9.17, 15) is 0 Å². The summed E-state index contributed by atoms with van der Waals surface area (Å²) in [5.74, 6) is 2.61. The molecule has 0 saturated carbocycles. The number of hydrogen-bond donors (Lipinski definition) is 1. The fraction of sp³-hybridized carbons (Fsp3) is 0.182. The summed E-state index contributed by atoms with van der Waals surface area (Å²) in [4.78, 5) is 13.8. The third kappa shape index (κ3) is 4.69. The van der Waals surface area contributed by atoms with Crippen LogP contribution in [0.5, 0.6) is 5.75 Å². The number of thioether (sulfide) groups is 2. The minimum absolute atomic E-state index is 0.680. The zero-order chi connectivity index (χ0) is 19.2. The molecule has 2 heterocycles. The second-order valence-electron chi connectivity index (χ2n) is 6.24. The van der Waals surface area contributed by atoms with Crippen molar-refractivity contribution in [1.29, 1.82) is 0 Å². The smallest absolute Gasteiger partial charge is 0.166 e. The van der Waals surface area contributed by atoms with E-state index in [0.717, 1.165) is 39.1 Å². The molecule has 0 spiro atoms. The van der Waals surface area contributed by atoms with Crippen LogP contribution in [0, 0.1) is 6.92 Å². The number of benzene rings is 2. The Bertz CT molecular complexity index is 1020. The zero-order valence-electron chi connectivity index (χ0n) is 15.6. The van der Waals surface area contributed by atoms with E-state index in [0.29, 0.717) is 6.61 Å². The maximum Gasteiger partial charge on any atom is 0.166 e. The van der Waals surface area contributed by atoms with E-state index in [1.165, 1.54) is 10.5 Å². The number of aromatic nitrogens is 3. The van der Waals surface area contributed by atoms with Crippen LogP contribution in [0.4, 0.5) is 0 Å². The number of H-pyrrole nitrogens is 1. The summed E-state index contributed by atoms with van der Waals surface area (Å²) in [7, 11) is 0. The summed E-state index contributed by atoms with van der Waals surface area (Å²) in [6.45, 7) is 2.82. The lowest BCUT2D eigenvalue weighted by Gasteiger charge is -2.10. The fourth-order valence-corrected chi connectivity index (χ4v) is 4.61. The van der Waals surface area contributed by atoms with Crippen LogP contribution in [-0.2, 0) is 5.75 Å². The van der Waals surface area contributed by atoms with E-state index >= 15 is 0 Å². The summed E-state index contributed by atoms with van der Waals surface area (Å²) in [5.41, 5.74) is 4.39. The van der Waals surface area contributed by atoms with E-state index in [4.69, 9.17) is 4.74 Å². The molecule has 2 aromatic carbocycles. The van der Waals surface area contributed by atoms with Crippen LogP contribution in [0.3, 0.4) is 0 Å². The van der Waals surface area contributed by atoms with Gasteiger partial charge in [-0.15, -0.1) is 11.8 Å². The van der Waals surface area contributed by atoms with E-state index in [-0.39, 0.29) is 0 Å². The number of imidazole rings is 1. The highest BCUT2D eigenvalue weighted by Crippen LogP contribution is 2.28. The number of rotatable bonds is 8. The van der Waals surface area contributed by atoms with Crippen LogP contribution >= 0.6 is 23.5 Å². The molecule has 4 rings (SSSR count). The molecular weight excluding hydrogens is 386 g/mol. The van der Waals surface area contributed by atoms with E-state index in [1.807, 2.05) is 72.6 Å². The molecule has 6 heteroatoms. The minimum atomic E-state index is 0.680. The van der Waals surface area contributed by atoms with Crippen LogP contribution in [0.1, 0.15) is 11.3 Å². The number of para-hydroxylation sites is 3. The zero-order valence-corrected chi connectivity index (χ0v) is 17.2. The lowest BCUT2D eigenvalue weighted by molar-refractivity contribution is 0.344. The van der Waals surface area contributed by atoms with Crippen molar-refractivity contribution in [2.45, 2.75) is 22.7 Å². The number of fused-ring (bicyclic) bond motifs is 1. The molecule has 0 bridgehead atoms. The van der Waals surface area contributed by atoms with Crippen molar-refractivity contribution in [2.75, 3.05) is 12.4 Å². The van der Waals surface area contributed by atoms with Gasteiger partial charge < -0.3 is 9.72 Å². The van der Waals surface area contributed by atoms with Crippen LogP contribution in [-0.4, -0.2) is 27.3 Å². The number of ether oxygens (including phenoxy) is 1. The molecule has 0 aliphatic carbocycles. The van der Waals surface area contributed by atoms with Gasteiger partial charge in [-0.2, -0.15) is 0 Å². The maximum atomic E-state index is 5.78. The monoisotopic (exact) mass is 407 g/mol. The van der Waals surface area contributed by atoms with Gasteiger partial charge in [-0.25, -0.2) is 4.98 Å². The summed E-state index contributed by atoms with van der Waals surface area (Å²) < 4.78 is 5.78. The predicted molar refractivity (Wildman–Crippen MR) is 117 cm³/mol. The molecule has 0 fully saturated rings. The fourth-order valence-electron chi connectivity index (χ4n) is 2.82. The molecule has 0 unspecified atom stereocenters. The average molecular weight is 408 g/mol. The predicted octanol–water partition coefficient (Wildman–Crippen LogP) is 5.73. The Labute approximate surface area is 173 Å². The van der Waals surface area contributed by atoms with Crippen LogP contribution in [0.2, 0.25) is 0 Å². The van der Waals surface area contributed by atoms with Gasteiger partial charge in [0, 0.05) is 22.6 Å². The Kier molecular flexibility index (Phi) is 6.19. The lowest BCUT2D eigenvalue weighted by atomic mass is 10.2. The van der Waals surface area contributed by atoms with Gasteiger partial charge in [-0.1, -0.05) is 42.1 Å². The van der Waals surface area contributed by atoms with Crippen molar-refractivity contribution in [3.05, 3.63) is 78.1 Å². The van der Waals surface area contributed by atoms with Crippen LogP contribution < -0.4 is 4.74 Å². The van der Waals surface area contributed by atoms with Gasteiger partial charge >= 0.3 is 0 Å². The highest BCUT2D eigenvalue weighted by molar-refractivity contribution is 7.99. The topological polar surface area (TPSA) is 50.8 Å². The van der Waals surface area contributed by atoms with Gasteiger partial charge in [-0.3, -0.25) is 4.98 Å². The van der Waals surface area contributed by atoms with Gasteiger partial charge in [0.15, 0.2) is 5.16 Å². The first kappa shape index (κ1) is 18.9. The van der Waals surface area contributed by atoms with Crippen LogP contribution in [0.25, 0.3) is 11.0 Å². The van der Waals surface area contributed by atoms with Crippen molar-refractivity contribution in [3.8, 4) is 5.75 Å². The molecule has 0 aliphatic heterocycles. The molecule has 0 radical (unpaired) electrons. The normalized spacial score (nSPS) is 11.0. The van der Waals surface area contributed by atoms with Crippen molar-refractivity contribution in [1.82, 2.24) is 15.0 Å². The first-order chi connectivity index (χ1) is 13.8. The highest BCUT2D eigenvalue weighted by atomic mass is 32.2. The van der Waals surface area contributed by atoms with E-state index in [1.54, 1.807) is 11.8 Å². The molecule has 0 aliphatic rings. The van der Waals surface area contributed by atoms with E-state index in [2.05, 4.69) is 27.9 Å². The second kappa shape index (κ2) is 9.17. The summed E-state index contributed by atoms with van der Waals surface area (Å²) in [6, 6.07) is 20.1. The Morgan fingerprint density at radius 3 is 2.64 bits per heavy atom. The molecule has 2 aromatic heterocycles. The van der Waals surface area contributed by atoms with Gasteiger partial charge in [0.2, 0.25) is 0 Å². The molecule has 142 valence electrons. The SMILES string of the molecule is Cc1c(SCCOc2ccccc2)ccnc1CSc1nc2ccccc2[nH]1. The first-order valence-electron chi connectivity index (χ1n) is 9.12. The molecule has 4 aromatic rings. The Morgan fingerprint density at radius 1 is 0.964 bits per heavy atom. The van der Waals surface area contributed by atoms with Crippen LogP contribution in [0.15, 0.2) is 76.9 Å². The van der Waals surface area contributed by atoms with E-state index < -0.39 is 0 Å². The number of nitrogens with zero attached hydrogens (tertiary/aromatic N) is 2. The number of pyridine rings is 1. The Balaban J connectivity index is 1.33. The molecule has 0 amide bonds. The average Bonchev–Trinajstić information content (AvgIpc) is 3.15. The Hall–Kier alpha value is -2.44. The number of nitrogens with one attached hydrogen (secondary N) is 1. The number of hydrogen-bond acceptors (Lipinski definition) is 5. The van der Waals surface area contributed by atoms with Gasteiger partial charge in [-0.05, 0) is 42.8 Å². The first-order valence-corrected chi connectivity index (χ1v) is 11.1. The molecule has 0 saturated heterocycles. The van der Waals surface area contributed by atoms with Gasteiger partial charge in [0.1, 0.15) is 5.75 Å². The molecular formula is C22H21N3OS2. The minimum Gasteiger partial charge on any atom is -0.493 e. The summed E-state index contributed by atoms with van der Waals surface area (Å²) >= 11 is 3.49. The van der Waals surface area contributed by atoms with Crippen molar-refractivity contribution in [3.63, 3.8) is 0 Å². The third-order valence-electron chi connectivity index (χ3n) is 4.32. The molecule has 1 N–H and O–H groups in total. The molecule has 4 nitrogen and oxygen atoms in total. The maximum absolute atomic E-state index is 5.78. The number of aromatic amines is 1. The molecule has 0 atom stereocenters.